The number of hydrogen-bond acceptors (Lipinski definition) is 6. The minimum atomic E-state index is -0.742. The van der Waals surface area contributed by atoms with E-state index >= 15 is 0 Å². The van der Waals surface area contributed by atoms with Crippen LogP contribution in [0, 0.1) is 17.1 Å². The van der Waals surface area contributed by atoms with Crippen molar-refractivity contribution in [3.63, 3.8) is 0 Å². The van der Waals surface area contributed by atoms with E-state index in [0.717, 1.165) is 12.1 Å². The standard InChI is InChI=1S/C21H15FN2O4/c1-26-18-10-6-14(11-19(18)27-2)17-9-5-15(12-23)20(24-17)28-21(25)13-3-7-16(22)8-4-13/h3-11H,1-2H3. The molecule has 7 heteroatoms. The Bertz CT molecular complexity index is 1060. The fourth-order valence-corrected chi connectivity index (χ4v) is 2.49. The molecule has 0 unspecified atom stereocenters. The van der Waals surface area contributed by atoms with Gasteiger partial charge in [-0.1, -0.05) is 0 Å². The molecule has 0 N–H and O–H groups in total. The Balaban J connectivity index is 1.95. The summed E-state index contributed by atoms with van der Waals surface area (Å²) in [6.45, 7) is 0. The summed E-state index contributed by atoms with van der Waals surface area (Å²) in [6, 6.07) is 15.2. The SMILES string of the molecule is COc1ccc(-c2ccc(C#N)c(OC(=O)c3ccc(F)cc3)n2)cc1OC. The van der Waals surface area contributed by atoms with Gasteiger partial charge in [-0.25, -0.2) is 14.2 Å². The van der Waals surface area contributed by atoms with Crippen molar-refractivity contribution in [1.29, 1.82) is 5.26 Å². The molecule has 0 saturated heterocycles. The topological polar surface area (TPSA) is 81.4 Å². The number of hydrogen-bond donors (Lipinski definition) is 0. The summed E-state index contributed by atoms with van der Waals surface area (Å²) in [5.74, 6) is -0.278. The van der Waals surface area contributed by atoms with Crippen LogP contribution < -0.4 is 14.2 Å². The van der Waals surface area contributed by atoms with E-state index in [0.29, 0.717) is 22.8 Å². The second-order valence-electron chi connectivity index (χ2n) is 5.63. The largest absolute Gasteiger partial charge is 0.493 e. The summed E-state index contributed by atoms with van der Waals surface area (Å²) >= 11 is 0. The molecule has 1 heterocycles. The molecule has 0 fully saturated rings. The highest BCUT2D eigenvalue weighted by molar-refractivity contribution is 5.91. The third-order valence-electron chi connectivity index (χ3n) is 3.93. The molecule has 0 aliphatic heterocycles. The van der Waals surface area contributed by atoms with Crippen LogP contribution in [0.25, 0.3) is 11.3 Å². The van der Waals surface area contributed by atoms with Gasteiger partial charge in [-0.2, -0.15) is 5.26 Å². The first-order valence-corrected chi connectivity index (χ1v) is 8.17. The minimum absolute atomic E-state index is 0.0969. The normalized spacial score (nSPS) is 10.1. The number of methoxy groups -OCH3 is 2. The molecular weight excluding hydrogens is 363 g/mol. The molecule has 0 spiro atoms. The van der Waals surface area contributed by atoms with E-state index in [-0.39, 0.29) is 17.0 Å². The number of esters is 1. The zero-order chi connectivity index (χ0) is 20.1. The Morgan fingerprint density at radius 2 is 1.71 bits per heavy atom. The lowest BCUT2D eigenvalue weighted by molar-refractivity contribution is 0.0727. The Morgan fingerprint density at radius 3 is 2.36 bits per heavy atom. The maximum Gasteiger partial charge on any atom is 0.344 e. The number of pyridine rings is 1. The molecule has 6 nitrogen and oxygen atoms in total. The Hall–Kier alpha value is -3.92. The van der Waals surface area contributed by atoms with Crippen LogP contribution >= 0.6 is 0 Å². The van der Waals surface area contributed by atoms with Gasteiger partial charge in [-0.15, -0.1) is 0 Å². The Labute approximate surface area is 160 Å². The molecular formula is C21H15FN2O4. The summed E-state index contributed by atoms with van der Waals surface area (Å²) in [5, 5.41) is 9.28. The number of rotatable bonds is 5. The molecule has 0 atom stereocenters. The molecule has 0 radical (unpaired) electrons. The fourth-order valence-electron chi connectivity index (χ4n) is 2.49. The summed E-state index contributed by atoms with van der Waals surface area (Å²) in [6.07, 6.45) is 0. The zero-order valence-electron chi connectivity index (χ0n) is 15.1. The second kappa shape index (κ2) is 8.18. The van der Waals surface area contributed by atoms with Crippen LogP contribution in [0.5, 0.6) is 17.4 Å². The molecule has 0 saturated carbocycles. The van der Waals surface area contributed by atoms with Gasteiger partial charge in [0.25, 0.3) is 0 Å². The number of aromatic nitrogens is 1. The quantitative estimate of drug-likeness (QED) is 0.624. The van der Waals surface area contributed by atoms with Gasteiger partial charge in [0.1, 0.15) is 17.4 Å². The van der Waals surface area contributed by atoms with Gasteiger partial charge in [0.2, 0.25) is 5.88 Å². The first-order valence-electron chi connectivity index (χ1n) is 8.17. The summed E-state index contributed by atoms with van der Waals surface area (Å²) in [5.41, 5.74) is 1.39. The average molecular weight is 378 g/mol. The van der Waals surface area contributed by atoms with Crippen LogP contribution in [0.2, 0.25) is 0 Å². The minimum Gasteiger partial charge on any atom is -0.493 e. The summed E-state index contributed by atoms with van der Waals surface area (Å²) < 4.78 is 28.8. The number of nitrogens with zero attached hydrogens (tertiary/aromatic N) is 2. The van der Waals surface area contributed by atoms with Gasteiger partial charge in [0.05, 0.1) is 25.5 Å². The highest BCUT2D eigenvalue weighted by atomic mass is 19.1. The lowest BCUT2D eigenvalue weighted by Crippen LogP contribution is -2.11. The molecule has 28 heavy (non-hydrogen) atoms. The predicted octanol–water partition coefficient (Wildman–Crippen LogP) is 4.00. The van der Waals surface area contributed by atoms with Gasteiger partial charge >= 0.3 is 5.97 Å². The van der Waals surface area contributed by atoms with Crippen molar-refractivity contribution in [2.24, 2.45) is 0 Å². The number of halogens is 1. The highest BCUT2D eigenvalue weighted by Crippen LogP contribution is 2.32. The van der Waals surface area contributed by atoms with Gasteiger partial charge in [-0.3, -0.25) is 0 Å². The smallest absolute Gasteiger partial charge is 0.344 e. The van der Waals surface area contributed by atoms with Crippen molar-refractivity contribution >= 4 is 5.97 Å². The Kier molecular flexibility index (Phi) is 5.51. The number of carbonyl (C=O) groups is 1. The first-order chi connectivity index (χ1) is 13.5. The third kappa shape index (κ3) is 3.91. The molecule has 3 rings (SSSR count). The van der Waals surface area contributed by atoms with Crippen LogP contribution in [0.4, 0.5) is 4.39 Å². The predicted molar refractivity (Wildman–Crippen MR) is 98.9 cm³/mol. The van der Waals surface area contributed by atoms with Crippen molar-refractivity contribution in [3.8, 4) is 34.7 Å². The molecule has 3 aromatic rings. The number of ether oxygens (including phenoxy) is 3. The molecule has 0 aliphatic carbocycles. The van der Waals surface area contributed by atoms with E-state index in [9.17, 15) is 14.4 Å². The molecule has 1 aromatic heterocycles. The van der Waals surface area contributed by atoms with Gasteiger partial charge in [0, 0.05) is 5.56 Å². The van der Waals surface area contributed by atoms with E-state index in [1.807, 2.05) is 6.07 Å². The lowest BCUT2D eigenvalue weighted by atomic mass is 10.1. The first kappa shape index (κ1) is 18.9. The fraction of sp³-hybridized carbons (Fsp3) is 0.0952. The number of benzene rings is 2. The van der Waals surface area contributed by atoms with Crippen LogP contribution in [0.3, 0.4) is 0 Å². The van der Waals surface area contributed by atoms with E-state index in [2.05, 4.69) is 4.98 Å². The van der Waals surface area contributed by atoms with Crippen molar-refractivity contribution < 1.29 is 23.4 Å². The van der Waals surface area contributed by atoms with Crippen LogP contribution in [0.15, 0.2) is 54.6 Å². The molecule has 2 aromatic carbocycles. The van der Waals surface area contributed by atoms with Gasteiger partial charge in [0.15, 0.2) is 11.5 Å². The zero-order valence-corrected chi connectivity index (χ0v) is 15.1. The van der Waals surface area contributed by atoms with E-state index in [4.69, 9.17) is 14.2 Å². The lowest BCUT2D eigenvalue weighted by Gasteiger charge is -2.11. The van der Waals surface area contributed by atoms with Crippen LogP contribution in [-0.2, 0) is 0 Å². The van der Waals surface area contributed by atoms with Crippen molar-refractivity contribution in [2.45, 2.75) is 0 Å². The number of nitriles is 1. The van der Waals surface area contributed by atoms with Crippen LogP contribution in [-0.4, -0.2) is 25.2 Å². The maximum absolute atomic E-state index is 13.0. The van der Waals surface area contributed by atoms with Crippen molar-refractivity contribution in [2.75, 3.05) is 14.2 Å². The monoisotopic (exact) mass is 378 g/mol. The second-order valence-corrected chi connectivity index (χ2v) is 5.63. The number of carbonyl (C=O) groups excluding carboxylic acids is 1. The average Bonchev–Trinajstić information content (AvgIpc) is 2.73. The van der Waals surface area contributed by atoms with Crippen molar-refractivity contribution in [1.82, 2.24) is 4.98 Å². The third-order valence-corrected chi connectivity index (χ3v) is 3.93. The summed E-state index contributed by atoms with van der Waals surface area (Å²) in [7, 11) is 3.05. The van der Waals surface area contributed by atoms with E-state index < -0.39 is 11.8 Å². The van der Waals surface area contributed by atoms with E-state index in [1.54, 1.807) is 24.3 Å². The molecule has 0 bridgehead atoms. The van der Waals surface area contributed by atoms with Gasteiger partial charge < -0.3 is 14.2 Å². The van der Waals surface area contributed by atoms with Crippen molar-refractivity contribution in [3.05, 3.63) is 71.5 Å². The molecule has 0 amide bonds. The Morgan fingerprint density at radius 1 is 1.00 bits per heavy atom. The van der Waals surface area contributed by atoms with Crippen LogP contribution in [0.1, 0.15) is 15.9 Å². The van der Waals surface area contributed by atoms with Gasteiger partial charge in [-0.05, 0) is 54.6 Å². The summed E-state index contributed by atoms with van der Waals surface area (Å²) in [4.78, 5) is 16.6. The molecule has 0 aliphatic rings. The molecule has 140 valence electrons. The maximum atomic E-state index is 13.0. The highest BCUT2D eigenvalue weighted by Gasteiger charge is 2.15. The van der Waals surface area contributed by atoms with E-state index in [1.165, 1.54) is 32.4 Å².